The number of hydrogen-bond donors (Lipinski definition) is 0. The van der Waals surface area contributed by atoms with Crippen molar-refractivity contribution in [2.24, 2.45) is 25.0 Å². The van der Waals surface area contributed by atoms with Crippen molar-refractivity contribution in [1.82, 2.24) is 9.97 Å². The van der Waals surface area contributed by atoms with Crippen molar-refractivity contribution < 1.29 is 19.5 Å². The smallest absolute Gasteiger partial charge is 0.0920 e. The molecule has 0 amide bonds. The summed E-state index contributed by atoms with van der Waals surface area (Å²) in [6.07, 6.45) is -0.483. The van der Waals surface area contributed by atoms with Crippen LogP contribution in [0, 0.1) is 0 Å². The maximum atomic E-state index is 5.03. The molecule has 1 atom stereocenters. The fraction of sp³-hybridized carbons (Fsp3) is 0.0312. The summed E-state index contributed by atoms with van der Waals surface area (Å²) in [5.74, 6) is 2.83. The zero-order valence-electron chi connectivity index (χ0n) is 21.6. The molecule has 41 heavy (non-hydrogen) atoms. The summed E-state index contributed by atoms with van der Waals surface area (Å²) in [5, 5.41) is 8.57. The van der Waals surface area contributed by atoms with E-state index in [2.05, 4.69) is 0 Å². The zero-order valence-corrected chi connectivity index (χ0v) is 24.6. The molecule has 8 nitrogen and oxygen atoms in total. The van der Waals surface area contributed by atoms with Crippen LogP contribution in [0.15, 0.2) is 122 Å². The van der Waals surface area contributed by atoms with E-state index < -0.39 is 6.17 Å². The number of aliphatic imine (C=N–C) groups is 3. The standard InChI is InChI=1S/C32H17N8.Zn/c1-2-10-18-17(9-1)25-33-26(18)38-28-21-13-5-6-14-22(21)30(35-28)40-32-24-16-8-7-15-23(24)31(36-32)39-29-20-12-4-3-11-19(20)27(34-29)37-25;/h1-16,25H;/q-3;. The van der Waals surface area contributed by atoms with Crippen molar-refractivity contribution >= 4 is 50.7 Å². The summed E-state index contributed by atoms with van der Waals surface area (Å²) in [7, 11) is 0. The van der Waals surface area contributed by atoms with Crippen molar-refractivity contribution in [1.29, 1.82) is 0 Å². The average molecular weight is 579 g/mol. The maximum absolute atomic E-state index is 5.03. The van der Waals surface area contributed by atoms with Gasteiger partial charge in [0.15, 0.2) is 0 Å². The van der Waals surface area contributed by atoms with Gasteiger partial charge < -0.3 is 35.3 Å². The number of aromatic nitrogens is 2. The number of benzene rings is 4. The molecule has 2 aromatic heterocycles. The average Bonchev–Trinajstić information content (AvgIpc) is 3.73. The van der Waals surface area contributed by atoms with Crippen LogP contribution in [-0.4, -0.2) is 17.5 Å². The van der Waals surface area contributed by atoms with Crippen LogP contribution in [0.25, 0.3) is 26.9 Å². The molecule has 0 saturated carbocycles. The van der Waals surface area contributed by atoms with Gasteiger partial charge in [0, 0.05) is 59.4 Å². The molecule has 0 aliphatic carbocycles. The van der Waals surface area contributed by atoms with Crippen LogP contribution in [0.5, 0.6) is 0 Å². The number of amidine groups is 3. The van der Waals surface area contributed by atoms with Gasteiger partial charge in [-0.3, -0.25) is 0 Å². The monoisotopic (exact) mass is 577 g/mol. The second kappa shape index (κ2) is 9.01. The van der Waals surface area contributed by atoms with E-state index in [0.29, 0.717) is 40.1 Å². The quantitative estimate of drug-likeness (QED) is 0.232. The summed E-state index contributed by atoms with van der Waals surface area (Å²) in [6, 6.07) is 32.0. The molecule has 5 heterocycles. The molecule has 3 aliphatic heterocycles. The molecule has 9 heteroatoms. The minimum atomic E-state index is -0.483. The molecular weight excluding hydrogens is 562 g/mol. The van der Waals surface area contributed by atoms with E-state index in [9.17, 15) is 0 Å². The molecule has 0 N–H and O–H groups in total. The van der Waals surface area contributed by atoms with Crippen molar-refractivity contribution in [2.75, 3.05) is 0 Å². The predicted octanol–water partition coefficient (Wildman–Crippen LogP) is 5.16. The Morgan fingerprint density at radius 3 is 1.78 bits per heavy atom. The van der Waals surface area contributed by atoms with Crippen molar-refractivity contribution in [3.63, 3.8) is 0 Å². The van der Waals surface area contributed by atoms with Crippen LogP contribution in [0.3, 0.4) is 0 Å². The van der Waals surface area contributed by atoms with Gasteiger partial charge in [0.2, 0.25) is 0 Å². The first-order chi connectivity index (χ1) is 19.8. The first-order valence-corrected chi connectivity index (χ1v) is 13.0. The third-order valence-electron chi connectivity index (χ3n) is 7.47. The van der Waals surface area contributed by atoms with Gasteiger partial charge in [-0.1, -0.05) is 103 Å². The molecule has 1 unspecified atom stereocenters. The Hall–Kier alpha value is -5.01. The number of hydrogen-bond acceptors (Lipinski definition) is 5. The Labute approximate surface area is 246 Å². The topological polar surface area (TPSA) is 104 Å². The second-order valence-electron chi connectivity index (χ2n) is 9.79. The van der Waals surface area contributed by atoms with Gasteiger partial charge in [-0.25, -0.2) is 4.99 Å². The molecule has 0 saturated heterocycles. The predicted molar refractivity (Wildman–Crippen MR) is 155 cm³/mol. The van der Waals surface area contributed by atoms with E-state index in [1.807, 2.05) is 97.1 Å². The first kappa shape index (κ1) is 23.8. The van der Waals surface area contributed by atoms with Crippen LogP contribution in [0.1, 0.15) is 28.4 Å². The molecule has 0 fully saturated rings. The number of rotatable bonds is 0. The van der Waals surface area contributed by atoms with E-state index in [-0.39, 0.29) is 19.5 Å². The van der Waals surface area contributed by atoms with E-state index in [1.54, 1.807) is 0 Å². The SMILES string of the molecule is [Zn].c1ccc2c(c1)C1=N/C2=N\c2[n-]c(c3ccccc23)/N=c2\[n-]/c(c3ccccc23)=N\C2[N-]C(=N1)c1ccccc12. The summed E-state index contributed by atoms with van der Waals surface area (Å²) in [5.41, 5.74) is 4.86. The van der Waals surface area contributed by atoms with E-state index in [4.69, 9.17) is 40.2 Å². The van der Waals surface area contributed by atoms with Crippen molar-refractivity contribution in [3.05, 3.63) is 136 Å². The molecule has 8 bridgehead atoms. The summed E-state index contributed by atoms with van der Waals surface area (Å²) >= 11 is 0. The molecule has 6 aromatic rings. The van der Waals surface area contributed by atoms with Gasteiger partial charge in [0.25, 0.3) is 0 Å². The number of nitrogens with zero attached hydrogens (tertiary/aromatic N) is 8. The fourth-order valence-corrected chi connectivity index (χ4v) is 5.59. The van der Waals surface area contributed by atoms with Gasteiger partial charge in [-0.15, -0.1) is 0 Å². The zero-order chi connectivity index (χ0) is 26.2. The molecule has 9 rings (SSSR count). The molecule has 3 aliphatic rings. The van der Waals surface area contributed by atoms with Gasteiger partial charge in [-0.05, 0) is 32.7 Å². The van der Waals surface area contributed by atoms with E-state index in [0.717, 1.165) is 43.8 Å². The van der Waals surface area contributed by atoms with Crippen LogP contribution in [0.4, 0.5) is 11.6 Å². The van der Waals surface area contributed by atoms with Crippen LogP contribution < -0.4 is 20.9 Å². The first-order valence-electron chi connectivity index (χ1n) is 13.0. The van der Waals surface area contributed by atoms with Gasteiger partial charge in [0.1, 0.15) is 0 Å². The normalized spacial score (nSPS) is 19.3. The molecule has 0 radical (unpaired) electrons. The van der Waals surface area contributed by atoms with Crippen molar-refractivity contribution in [2.45, 2.75) is 6.17 Å². The molecule has 190 valence electrons. The van der Waals surface area contributed by atoms with Gasteiger partial charge >= 0.3 is 0 Å². The largest absolute Gasteiger partial charge is 0.451 e. The summed E-state index contributed by atoms with van der Waals surface area (Å²) < 4.78 is 0. The minimum Gasteiger partial charge on any atom is -0.451 e. The Morgan fingerprint density at radius 2 is 1.05 bits per heavy atom. The Morgan fingerprint density at radius 1 is 0.488 bits per heavy atom. The van der Waals surface area contributed by atoms with E-state index >= 15 is 0 Å². The van der Waals surface area contributed by atoms with Crippen LogP contribution >= 0.6 is 0 Å². The van der Waals surface area contributed by atoms with Crippen molar-refractivity contribution in [3.8, 4) is 0 Å². The van der Waals surface area contributed by atoms with Crippen LogP contribution in [0.2, 0.25) is 0 Å². The van der Waals surface area contributed by atoms with E-state index in [1.165, 1.54) is 0 Å². The Bertz CT molecular complexity index is 2270. The second-order valence-corrected chi connectivity index (χ2v) is 9.79. The number of fused-ring (bicyclic) bond motifs is 19. The third-order valence-corrected chi connectivity index (χ3v) is 7.47. The summed E-state index contributed by atoms with van der Waals surface area (Å²) in [4.78, 5) is 34.6. The van der Waals surface area contributed by atoms with Gasteiger partial charge in [-0.2, -0.15) is 0 Å². The fourth-order valence-electron chi connectivity index (χ4n) is 5.59. The summed E-state index contributed by atoms with van der Waals surface area (Å²) in [6.45, 7) is 0. The van der Waals surface area contributed by atoms with Crippen LogP contribution in [-0.2, 0) is 19.5 Å². The molecule has 4 aromatic carbocycles. The Kier molecular flexibility index (Phi) is 5.24. The molecule has 0 spiro atoms. The third kappa shape index (κ3) is 3.59. The molecular formula is C32H17N8Zn-3. The minimum absolute atomic E-state index is 0. The maximum Gasteiger partial charge on any atom is 0.0920 e. The van der Waals surface area contributed by atoms with Gasteiger partial charge in [0.05, 0.1) is 11.7 Å². The Balaban J connectivity index is 0.00000256.